The van der Waals surface area contributed by atoms with Crippen molar-refractivity contribution >= 4 is 17.5 Å². The van der Waals surface area contributed by atoms with E-state index < -0.39 is 5.41 Å². The summed E-state index contributed by atoms with van der Waals surface area (Å²) in [6.07, 6.45) is 4.55. The molecule has 3 aliphatic rings. The highest BCUT2D eigenvalue weighted by Crippen LogP contribution is 2.45. The van der Waals surface area contributed by atoms with Gasteiger partial charge in [-0.3, -0.25) is 15.0 Å². The summed E-state index contributed by atoms with van der Waals surface area (Å²) >= 11 is 0. The number of hydrogen-bond donors (Lipinski definition) is 2. The monoisotopic (exact) mass is 329 g/mol. The molecule has 7 nitrogen and oxygen atoms in total. The summed E-state index contributed by atoms with van der Waals surface area (Å²) in [7, 11) is 0. The summed E-state index contributed by atoms with van der Waals surface area (Å²) in [5, 5.41) is 16.3. The van der Waals surface area contributed by atoms with E-state index in [1.807, 2.05) is 6.08 Å². The van der Waals surface area contributed by atoms with Crippen molar-refractivity contribution in [1.82, 2.24) is 15.6 Å². The zero-order chi connectivity index (χ0) is 17.3. The Kier molecular flexibility index (Phi) is 4.31. The number of nitrogens with one attached hydrogen (secondary N) is 2. The minimum Gasteiger partial charge on any atom is -0.350 e. The number of amides is 2. The summed E-state index contributed by atoms with van der Waals surface area (Å²) in [6, 6.07) is 2.02. The van der Waals surface area contributed by atoms with E-state index in [2.05, 4.69) is 35.8 Å². The van der Waals surface area contributed by atoms with Crippen molar-refractivity contribution < 1.29 is 9.59 Å². The minimum absolute atomic E-state index is 0.0776. The Morgan fingerprint density at radius 2 is 2.25 bits per heavy atom. The molecule has 0 aromatic carbocycles. The number of rotatable bonds is 4. The predicted octanol–water partition coefficient (Wildman–Crippen LogP) is 0.896. The van der Waals surface area contributed by atoms with E-state index in [1.54, 1.807) is 4.90 Å². The molecule has 24 heavy (non-hydrogen) atoms. The van der Waals surface area contributed by atoms with Gasteiger partial charge in [-0.25, -0.2) is 0 Å². The predicted molar refractivity (Wildman–Crippen MR) is 88.5 cm³/mol. The van der Waals surface area contributed by atoms with Crippen LogP contribution in [-0.4, -0.2) is 41.6 Å². The Morgan fingerprint density at radius 1 is 1.50 bits per heavy atom. The van der Waals surface area contributed by atoms with E-state index >= 15 is 0 Å². The number of likely N-dealkylation sites (tertiary alicyclic amines) is 1. The second-order valence-corrected chi connectivity index (χ2v) is 7.10. The molecule has 0 spiro atoms. The molecule has 1 saturated carbocycles. The van der Waals surface area contributed by atoms with Gasteiger partial charge in [-0.15, -0.1) is 0 Å². The third-order valence-electron chi connectivity index (χ3n) is 4.94. The highest BCUT2D eigenvalue weighted by molar-refractivity contribution is 5.97. The van der Waals surface area contributed by atoms with Gasteiger partial charge in [0.15, 0.2) is 0 Å². The first-order valence-corrected chi connectivity index (χ1v) is 8.49. The van der Waals surface area contributed by atoms with Gasteiger partial charge in [0.25, 0.3) is 5.91 Å². The number of allylic oxidation sites excluding steroid dienone is 1. The minimum atomic E-state index is -0.813. The Hall–Kier alpha value is -2.36. The number of hydrogen-bond acceptors (Lipinski definition) is 5. The molecule has 0 aromatic heterocycles. The van der Waals surface area contributed by atoms with Gasteiger partial charge in [-0.2, -0.15) is 10.4 Å². The highest BCUT2D eigenvalue weighted by atomic mass is 16.2. The number of carbonyl (C=O) groups is 2. The van der Waals surface area contributed by atoms with E-state index in [1.165, 1.54) is 0 Å². The van der Waals surface area contributed by atoms with Crippen LogP contribution >= 0.6 is 0 Å². The molecule has 1 unspecified atom stereocenters. The third kappa shape index (κ3) is 3.14. The van der Waals surface area contributed by atoms with Gasteiger partial charge < -0.3 is 10.2 Å². The first-order chi connectivity index (χ1) is 11.4. The van der Waals surface area contributed by atoms with Crippen LogP contribution in [-0.2, 0) is 9.59 Å². The van der Waals surface area contributed by atoms with Crippen LogP contribution in [0.2, 0.25) is 0 Å². The Bertz CT molecular complexity index is 654. The lowest BCUT2D eigenvalue weighted by Crippen LogP contribution is -2.42. The summed E-state index contributed by atoms with van der Waals surface area (Å²) in [6.45, 7) is 5.22. The van der Waals surface area contributed by atoms with Crippen molar-refractivity contribution in [3.8, 4) is 6.07 Å². The molecule has 2 N–H and O–H groups in total. The molecule has 0 bridgehead atoms. The van der Waals surface area contributed by atoms with Crippen molar-refractivity contribution in [1.29, 1.82) is 5.26 Å². The van der Waals surface area contributed by atoms with Crippen molar-refractivity contribution in [3.63, 3.8) is 0 Å². The molecule has 0 radical (unpaired) electrons. The first-order valence-electron chi connectivity index (χ1n) is 8.49. The average molecular weight is 329 g/mol. The van der Waals surface area contributed by atoms with Crippen molar-refractivity contribution in [2.75, 3.05) is 13.1 Å². The van der Waals surface area contributed by atoms with Crippen LogP contribution in [0.1, 0.15) is 39.5 Å². The van der Waals surface area contributed by atoms with Crippen LogP contribution in [0.25, 0.3) is 0 Å². The van der Waals surface area contributed by atoms with E-state index in [4.69, 9.17) is 5.26 Å². The van der Waals surface area contributed by atoms with Crippen LogP contribution in [0, 0.1) is 22.7 Å². The Morgan fingerprint density at radius 3 is 2.79 bits per heavy atom. The molecule has 128 valence electrons. The highest BCUT2D eigenvalue weighted by Gasteiger charge is 2.51. The van der Waals surface area contributed by atoms with Crippen LogP contribution in [0.5, 0.6) is 0 Å². The first kappa shape index (κ1) is 16.5. The van der Waals surface area contributed by atoms with Crippen molar-refractivity contribution in [2.24, 2.45) is 16.4 Å². The maximum Gasteiger partial charge on any atom is 0.271 e. The van der Waals surface area contributed by atoms with Gasteiger partial charge in [0, 0.05) is 31.3 Å². The topological polar surface area (TPSA) is 97.6 Å². The number of carbonyl (C=O) groups excluding carboxylic acids is 2. The molecule has 0 aromatic rings. The molecular weight excluding hydrogens is 306 g/mol. The van der Waals surface area contributed by atoms with E-state index in [0.717, 1.165) is 5.71 Å². The second-order valence-electron chi connectivity index (χ2n) is 7.10. The van der Waals surface area contributed by atoms with Gasteiger partial charge in [0.05, 0.1) is 6.07 Å². The maximum atomic E-state index is 12.5. The van der Waals surface area contributed by atoms with Gasteiger partial charge in [-0.05, 0) is 31.3 Å². The molecule has 1 saturated heterocycles. The molecule has 1 atom stereocenters. The van der Waals surface area contributed by atoms with Gasteiger partial charge in [0.1, 0.15) is 11.1 Å². The van der Waals surface area contributed by atoms with Crippen LogP contribution in [0.15, 0.2) is 16.9 Å². The summed E-state index contributed by atoms with van der Waals surface area (Å²) in [5.41, 5.74) is 3.57. The van der Waals surface area contributed by atoms with E-state index in [0.29, 0.717) is 50.4 Å². The fourth-order valence-electron chi connectivity index (χ4n) is 3.00. The summed E-state index contributed by atoms with van der Waals surface area (Å²) < 4.78 is 0. The summed E-state index contributed by atoms with van der Waals surface area (Å²) in [5.74, 6) is 0.0804. The third-order valence-corrected chi connectivity index (χ3v) is 4.94. The summed E-state index contributed by atoms with van der Waals surface area (Å²) in [4.78, 5) is 26.4. The second kappa shape index (κ2) is 6.27. The fourth-order valence-corrected chi connectivity index (χ4v) is 3.00. The quantitative estimate of drug-likeness (QED) is 0.800. The molecule has 2 fully saturated rings. The zero-order valence-corrected chi connectivity index (χ0v) is 14.1. The van der Waals surface area contributed by atoms with Crippen LogP contribution in [0.3, 0.4) is 0 Å². The molecule has 2 heterocycles. The molecule has 2 amide bonds. The SMILES string of the molecule is CC(C)C1=NNC(C(=O)N2CCC(NC(=O)C3(C#N)CC3)C2)=CC1. The normalized spacial score (nSPS) is 24.6. The lowest BCUT2D eigenvalue weighted by Gasteiger charge is -2.21. The van der Waals surface area contributed by atoms with Crippen molar-refractivity contribution in [2.45, 2.75) is 45.6 Å². The number of nitriles is 1. The average Bonchev–Trinajstić information content (AvgIpc) is 3.27. The molecule has 1 aliphatic carbocycles. The Balaban J connectivity index is 1.52. The van der Waals surface area contributed by atoms with Gasteiger partial charge in [0.2, 0.25) is 5.91 Å². The van der Waals surface area contributed by atoms with Crippen molar-refractivity contribution in [3.05, 3.63) is 11.8 Å². The lowest BCUT2D eigenvalue weighted by molar-refractivity contribution is -0.128. The molecule has 7 heteroatoms. The standard InChI is InChI=1S/C17H23N5O2/c1-11(2)13-3-4-14(21-20-13)15(23)22-8-5-12(9-22)19-16(24)17(10-18)6-7-17/h4,11-12,21H,3,5-9H2,1-2H3,(H,19,24). The zero-order valence-electron chi connectivity index (χ0n) is 14.1. The van der Waals surface area contributed by atoms with Gasteiger partial charge in [-0.1, -0.05) is 13.8 Å². The maximum absolute atomic E-state index is 12.5. The molecular formula is C17H23N5O2. The van der Waals surface area contributed by atoms with E-state index in [-0.39, 0.29) is 17.9 Å². The molecule has 3 rings (SSSR count). The Labute approximate surface area is 141 Å². The van der Waals surface area contributed by atoms with Crippen LogP contribution in [0.4, 0.5) is 0 Å². The van der Waals surface area contributed by atoms with Crippen LogP contribution < -0.4 is 10.7 Å². The fraction of sp³-hybridized carbons (Fsp3) is 0.647. The smallest absolute Gasteiger partial charge is 0.271 e. The van der Waals surface area contributed by atoms with E-state index in [9.17, 15) is 9.59 Å². The number of nitrogens with zero attached hydrogens (tertiary/aromatic N) is 3. The lowest BCUT2D eigenvalue weighted by atomic mass is 10.0. The number of hydrazone groups is 1. The largest absolute Gasteiger partial charge is 0.350 e. The van der Waals surface area contributed by atoms with Gasteiger partial charge >= 0.3 is 0 Å². The molecule has 2 aliphatic heterocycles.